The van der Waals surface area contributed by atoms with Crippen LogP contribution < -0.4 is 4.57 Å². The fourth-order valence-corrected chi connectivity index (χ4v) is 1.28. The maximum Gasteiger partial charge on any atom is 0.170 e. The summed E-state index contributed by atoms with van der Waals surface area (Å²) in [6.45, 7) is 2.67. The average Bonchev–Trinajstić information content (AvgIpc) is 2.03. The molecule has 0 saturated carbocycles. The molecule has 0 radical (unpaired) electrons. The van der Waals surface area contributed by atoms with Gasteiger partial charge in [0.05, 0.1) is 4.90 Å². The zero-order chi connectivity index (χ0) is 9.19. The minimum Gasteiger partial charge on any atom is -0.744 e. The summed E-state index contributed by atoms with van der Waals surface area (Å²) in [6.07, 6.45) is 3.12. The van der Waals surface area contributed by atoms with Crippen LogP contribution in [0.3, 0.4) is 0 Å². The van der Waals surface area contributed by atoms with Crippen molar-refractivity contribution in [3.05, 3.63) is 24.5 Å². The van der Waals surface area contributed by atoms with Crippen molar-refractivity contribution >= 4 is 10.1 Å². The lowest BCUT2D eigenvalue weighted by Crippen LogP contribution is -2.30. The molecule has 1 aromatic rings. The second-order valence-electron chi connectivity index (χ2n) is 2.32. The van der Waals surface area contributed by atoms with E-state index < -0.39 is 10.1 Å². The van der Waals surface area contributed by atoms with Crippen molar-refractivity contribution in [1.82, 2.24) is 0 Å². The van der Waals surface area contributed by atoms with Crippen molar-refractivity contribution in [2.45, 2.75) is 18.4 Å². The molecule has 5 heteroatoms. The lowest BCUT2D eigenvalue weighted by atomic mass is 10.5. The molecule has 0 bridgehead atoms. The van der Waals surface area contributed by atoms with Crippen LogP contribution in [0.25, 0.3) is 0 Å². The van der Waals surface area contributed by atoms with E-state index in [0.29, 0.717) is 0 Å². The molecule has 0 amide bonds. The van der Waals surface area contributed by atoms with Crippen molar-refractivity contribution in [1.29, 1.82) is 0 Å². The molecule has 66 valence electrons. The molecular weight excluding hydrogens is 178 g/mol. The highest BCUT2D eigenvalue weighted by Crippen LogP contribution is 2.03. The molecule has 0 aliphatic carbocycles. The standard InChI is InChI=1S/C7H9NO3S/c1-2-8-5-3-7(4-6-8)12(9,10)11/h3-6H,2H2,1H3. The predicted molar refractivity (Wildman–Crippen MR) is 40.3 cm³/mol. The minimum absolute atomic E-state index is 0.188. The molecule has 1 aromatic heterocycles. The molecule has 0 spiro atoms. The topological polar surface area (TPSA) is 61.1 Å². The first kappa shape index (κ1) is 9.15. The first-order valence-electron chi connectivity index (χ1n) is 3.49. The summed E-state index contributed by atoms with van der Waals surface area (Å²) in [7, 11) is -4.29. The molecule has 0 aliphatic heterocycles. The van der Waals surface area contributed by atoms with Crippen molar-refractivity contribution in [3.63, 3.8) is 0 Å². The lowest BCUT2D eigenvalue weighted by Gasteiger charge is -2.04. The smallest absolute Gasteiger partial charge is 0.170 e. The number of aromatic nitrogens is 1. The number of rotatable bonds is 2. The van der Waals surface area contributed by atoms with Crippen LogP contribution in [0.2, 0.25) is 0 Å². The van der Waals surface area contributed by atoms with E-state index in [1.165, 1.54) is 12.1 Å². The number of hydrogen-bond donors (Lipinski definition) is 0. The third-order valence-electron chi connectivity index (χ3n) is 1.51. The molecule has 4 nitrogen and oxygen atoms in total. The highest BCUT2D eigenvalue weighted by atomic mass is 32.2. The summed E-state index contributed by atoms with van der Waals surface area (Å²) >= 11 is 0. The van der Waals surface area contributed by atoms with Gasteiger partial charge in [0.2, 0.25) is 0 Å². The van der Waals surface area contributed by atoms with Crippen LogP contribution in [0.4, 0.5) is 0 Å². The zero-order valence-corrected chi connectivity index (χ0v) is 7.41. The first-order valence-corrected chi connectivity index (χ1v) is 4.90. The first-order chi connectivity index (χ1) is 5.54. The van der Waals surface area contributed by atoms with E-state index in [9.17, 15) is 13.0 Å². The number of nitrogens with zero attached hydrogens (tertiary/aromatic N) is 1. The maximum absolute atomic E-state index is 10.5. The second kappa shape index (κ2) is 3.20. The van der Waals surface area contributed by atoms with Gasteiger partial charge < -0.3 is 4.55 Å². The largest absolute Gasteiger partial charge is 0.744 e. The van der Waals surface area contributed by atoms with Crippen molar-refractivity contribution in [2.24, 2.45) is 0 Å². The summed E-state index contributed by atoms with van der Waals surface area (Å²) in [5, 5.41) is 0. The number of aryl methyl sites for hydroxylation is 1. The van der Waals surface area contributed by atoms with Gasteiger partial charge in [-0.15, -0.1) is 0 Å². The molecule has 0 atom stereocenters. The average molecular weight is 187 g/mol. The van der Waals surface area contributed by atoms with Crippen LogP contribution in [0.15, 0.2) is 29.4 Å². The Morgan fingerprint density at radius 1 is 1.42 bits per heavy atom. The molecule has 0 unspecified atom stereocenters. The molecule has 0 fully saturated rings. The minimum atomic E-state index is -4.29. The van der Waals surface area contributed by atoms with E-state index in [0.717, 1.165) is 6.54 Å². The Hall–Kier alpha value is -0.940. The van der Waals surface area contributed by atoms with Crippen LogP contribution in [-0.2, 0) is 16.7 Å². The van der Waals surface area contributed by atoms with Gasteiger partial charge in [-0.1, -0.05) is 0 Å². The molecule has 0 aliphatic rings. The van der Waals surface area contributed by atoms with Crippen molar-refractivity contribution < 1.29 is 17.5 Å². The third kappa shape index (κ3) is 2.02. The van der Waals surface area contributed by atoms with Crippen LogP contribution in [0.1, 0.15) is 6.92 Å². The molecule has 1 rings (SSSR count). The van der Waals surface area contributed by atoms with Crippen LogP contribution in [0, 0.1) is 0 Å². The van der Waals surface area contributed by atoms with Crippen molar-refractivity contribution in [2.75, 3.05) is 0 Å². The van der Waals surface area contributed by atoms with Crippen molar-refractivity contribution in [3.8, 4) is 0 Å². The van der Waals surface area contributed by atoms with Crippen LogP contribution >= 0.6 is 0 Å². The van der Waals surface area contributed by atoms with E-state index in [2.05, 4.69) is 0 Å². The molecular formula is C7H9NO3S. The van der Waals surface area contributed by atoms with Gasteiger partial charge in [0.1, 0.15) is 16.7 Å². The lowest BCUT2D eigenvalue weighted by molar-refractivity contribution is -0.693. The Labute approximate surface area is 71.2 Å². The quantitative estimate of drug-likeness (QED) is 0.479. The normalized spacial score (nSPS) is 11.5. The maximum atomic E-state index is 10.5. The van der Waals surface area contributed by atoms with E-state index >= 15 is 0 Å². The van der Waals surface area contributed by atoms with Gasteiger partial charge in [-0.25, -0.2) is 13.0 Å². The fourth-order valence-electron chi connectivity index (χ4n) is 0.821. The molecule has 1 heterocycles. The SMILES string of the molecule is CC[n+]1ccc(S(=O)(=O)[O-])cc1. The molecule has 12 heavy (non-hydrogen) atoms. The Bertz CT molecular complexity index is 355. The summed E-state index contributed by atoms with van der Waals surface area (Å²) in [5.74, 6) is 0. The predicted octanol–water partition coefficient (Wildman–Crippen LogP) is -0.102. The zero-order valence-electron chi connectivity index (χ0n) is 6.60. The van der Waals surface area contributed by atoms with Gasteiger partial charge in [0.25, 0.3) is 0 Å². The molecule has 0 N–H and O–H groups in total. The molecule has 0 aromatic carbocycles. The summed E-state index contributed by atoms with van der Waals surface area (Å²) in [5.41, 5.74) is 0. The van der Waals surface area contributed by atoms with E-state index in [1.54, 1.807) is 17.0 Å². The summed E-state index contributed by atoms with van der Waals surface area (Å²) in [4.78, 5) is -0.188. The highest BCUT2D eigenvalue weighted by molar-refractivity contribution is 7.85. The number of pyridine rings is 1. The Balaban J connectivity index is 3.09. The highest BCUT2D eigenvalue weighted by Gasteiger charge is 2.02. The van der Waals surface area contributed by atoms with E-state index in [-0.39, 0.29) is 4.90 Å². The number of hydrogen-bond acceptors (Lipinski definition) is 3. The second-order valence-corrected chi connectivity index (χ2v) is 3.70. The Morgan fingerprint density at radius 2 is 1.92 bits per heavy atom. The summed E-state index contributed by atoms with van der Waals surface area (Å²) in [6, 6.07) is 2.59. The monoisotopic (exact) mass is 187 g/mol. The summed E-state index contributed by atoms with van der Waals surface area (Å²) < 4.78 is 33.2. The van der Waals surface area contributed by atoms with Crippen LogP contribution in [-0.4, -0.2) is 13.0 Å². The third-order valence-corrected chi connectivity index (χ3v) is 2.36. The van der Waals surface area contributed by atoms with Crippen LogP contribution in [0.5, 0.6) is 0 Å². The van der Waals surface area contributed by atoms with Gasteiger partial charge >= 0.3 is 0 Å². The van der Waals surface area contributed by atoms with Gasteiger partial charge in [0.15, 0.2) is 12.4 Å². The van der Waals surface area contributed by atoms with E-state index in [1.807, 2.05) is 6.92 Å². The Morgan fingerprint density at radius 3 is 2.25 bits per heavy atom. The fraction of sp³-hybridized carbons (Fsp3) is 0.286. The van der Waals surface area contributed by atoms with E-state index in [4.69, 9.17) is 0 Å². The van der Waals surface area contributed by atoms with Gasteiger partial charge in [-0.3, -0.25) is 0 Å². The Kier molecular flexibility index (Phi) is 2.44. The van der Waals surface area contributed by atoms with Gasteiger partial charge in [-0.2, -0.15) is 0 Å². The van der Waals surface area contributed by atoms with Gasteiger partial charge in [0, 0.05) is 12.1 Å². The van der Waals surface area contributed by atoms with Gasteiger partial charge in [-0.05, 0) is 6.92 Å². The molecule has 0 saturated heterocycles.